The molecule has 1 amide bonds. The number of anilines is 1. The van der Waals surface area contributed by atoms with Gasteiger partial charge in [0.05, 0.1) is 23.5 Å². The normalized spacial score (nSPS) is 10.6. The van der Waals surface area contributed by atoms with Gasteiger partial charge < -0.3 is 5.32 Å². The number of pyridine rings is 1. The Morgan fingerprint density at radius 3 is 3.05 bits per heavy atom. The number of hydrogen-bond acceptors (Lipinski definition) is 4. The fourth-order valence-electron chi connectivity index (χ4n) is 1.67. The largest absolute Gasteiger partial charge is 0.306 e. The highest BCUT2D eigenvalue weighted by Crippen LogP contribution is 2.14. The first-order valence-electron chi connectivity index (χ1n) is 5.44. The molecule has 0 aromatic carbocycles. The van der Waals surface area contributed by atoms with Crippen LogP contribution < -0.4 is 5.32 Å². The van der Waals surface area contributed by atoms with E-state index in [9.17, 15) is 4.79 Å². The van der Waals surface area contributed by atoms with Gasteiger partial charge in [-0.1, -0.05) is 11.6 Å². The van der Waals surface area contributed by atoms with E-state index in [0.717, 1.165) is 0 Å². The zero-order valence-corrected chi connectivity index (χ0v) is 10.4. The zero-order chi connectivity index (χ0) is 13.2. The number of rotatable bonds is 2. The number of nitrogens with zero attached hydrogens (tertiary/aromatic N) is 4. The van der Waals surface area contributed by atoms with Crippen LogP contribution in [0.2, 0.25) is 5.02 Å². The van der Waals surface area contributed by atoms with E-state index in [4.69, 9.17) is 11.6 Å². The lowest BCUT2D eigenvalue weighted by Gasteiger charge is -2.03. The van der Waals surface area contributed by atoms with Crippen LogP contribution in [-0.2, 0) is 0 Å². The first-order chi connectivity index (χ1) is 9.24. The molecule has 0 unspecified atom stereocenters. The molecule has 94 valence electrons. The van der Waals surface area contributed by atoms with E-state index < -0.39 is 0 Å². The minimum absolute atomic E-state index is 0.308. The minimum Gasteiger partial charge on any atom is -0.306 e. The summed E-state index contributed by atoms with van der Waals surface area (Å²) in [6.45, 7) is 0. The van der Waals surface area contributed by atoms with Crippen molar-refractivity contribution in [3.05, 3.63) is 53.7 Å². The Morgan fingerprint density at radius 1 is 1.32 bits per heavy atom. The first kappa shape index (κ1) is 11.6. The van der Waals surface area contributed by atoms with Gasteiger partial charge in [0.15, 0.2) is 0 Å². The number of fused-ring (bicyclic) bond motifs is 1. The van der Waals surface area contributed by atoms with E-state index in [1.54, 1.807) is 35.2 Å². The average molecular weight is 274 g/mol. The highest BCUT2D eigenvalue weighted by Gasteiger charge is 2.13. The van der Waals surface area contributed by atoms with Crippen LogP contribution in [0.5, 0.6) is 0 Å². The predicted octanol–water partition coefficient (Wildman–Crippen LogP) is 2.03. The van der Waals surface area contributed by atoms with E-state index in [1.165, 1.54) is 12.4 Å². The summed E-state index contributed by atoms with van der Waals surface area (Å²) in [5.74, 6) is 0.0820. The SMILES string of the molecule is O=C(Nc1cc(Cl)ccn1)c1cnn2ccncc12. The van der Waals surface area contributed by atoms with Gasteiger partial charge in [0.2, 0.25) is 0 Å². The summed E-state index contributed by atoms with van der Waals surface area (Å²) in [6, 6.07) is 3.21. The second-order valence-electron chi connectivity index (χ2n) is 3.78. The van der Waals surface area contributed by atoms with Crippen LogP contribution in [0.4, 0.5) is 5.82 Å². The molecule has 0 bridgehead atoms. The Morgan fingerprint density at radius 2 is 2.21 bits per heavy atom. The Kier molecular flexibility index (Phi) is 2.85. The third-order valence-corrected chi connectivity index (χ3v) is 2.77. The van der Waals surface area contributed by atoms with Gasteiger partial charge >= 0.3 is 0 Å². The van der Waals surface area contributed by atoms with Crippen molar-refractivity contribution < 1.29 is 4.79 Å². The zero-order valence-electron chi connectivity index (χ0n) is 9.62. The van der Waals surface area contributed by atoms with Crippen molar-refractivity contribution in [3.63, 3.8) is 0 Å². The van der Waals surface area contributed by atoms with Crippen LogP contribution in [0.15, 0.2) is 43.1 Å². The average Bonchev–Trinajstić information content (AvgIpc) is 2.82. The topological polar surface area (TPSA) is 72.2 Å². The van der Waals surface area contributed by atoms with Gasteiger partial charge in [0.1, 0.15) is 5.82 Å². The van der Waals surface area contributed by atoms with Gasteiger partial charge in [-0.25, -0.2) is 9.50 Å². The summed E-state index contributed by atoms with van der Waals surface area (Å²) < 4.78 is 1.58. The third-order valence-electron chi connectivity index (χ3n) is 2.53. The summed E-state index contributed by atoms with van der Waals surface area (Å²) >= 11 is 5.83. The van der Waals surface area contributed by atoms with E-state index in [1.807, 2.05) is 0 Å². The smallest absolute Gasteiger partial charge is 0.260 e. The van der Waals surface area contributed by atoms with Gasteiger partial charge in [-0.3, -0.25) is 9.78 Å². The third kappa shape index (κ3) is 2.25. The van der Waals surface area contributed by atoms with Gasteiger partial charge in [0, 0.05) is 23.6 Å². The highest BCUT2D eigenvalue weighted by molar-refractivity contribution is 6.30. The van der Waals surface area contributed by atoms with Crippen LogP contribution in [0, 0.1) is 0 Å². The summed E-state index contributed by atoms with van der Waals surface area (Å²) in [6.07, 6.45) is 7.85. The molecule has 0 fully saturated rings. The van der Waals surface area contributed by atoms with Crippen molar-refractivity contribution in [1.29, 1.82) is 0 Å². The Hall–Kier alpha value is -2.47. The summed E-state index contributed by atoms with van der Waals surface area (Å²) in [5, 5.41) is 7.24. The Balaban J connectivity index is 1.92. The maximum absolute atomic E-state index is 12.1. The number of halogens is 1. The van der Waals surface area contributed by atoms with Crippen molar-refractivity contribution in [1.82, 2.24) is 19.6 Å². The number of carbonyl (C=O) groups is 1. The fraction of sp³-hybridized carbons (Fsp3) is 0. The molecule has 0 saturated heterocycles. The quantitative estimate of drug-likeness (QED) is 0.775. The monoisotopic (exact) mass is 273 g/mol. The Labute approximate surface area is 113 Å². The van der Waals surface area contributed by atoms with Gasteiger partial charge in [0.25, 0.3) is 5.91 Å². The van der Waals surface area contributed by atoms with Crippen molar-refractivity contribution in [3.8, 4) is 0 Å². The summed E-state index contributed by atoms with van der Waals surface area (Å²) in [7, 11) is 0. The minimum atomic E-state index is -0.308. The molecule has 0 atom stereocenters. The van der Waals surface area contributed by atoms with Crippen LogP contribution in [-0.4, -0.2) is 25.5 Å². The van der Waals surface area contributed by atoms with Crippen LogP contribution in [0.25, 0.3) is 5.52 Å². The number of aromatic nitrogens is 4. The molecule has 19 heavy (non-hydrogen) atoms. The van der Waals surface area contributed by atoms with Crippen LogP contribution in [0.1, 0.15) is 10.4 Å². The second-order valence-corrected chi connectivity index (χ2v) is 4.21. The lowest BCUT2D eigenvalue weighted by Crippen LogP contribution is -2.12. The van der Waals surface area contributed by atoms with Crippen molar-refractivity contribution in [2.45, 2.75) is 0 Å². The number of hydrogen-bond donors (Lipinski definition) is 1. The lowest BCUT2D eigenvalue weighted by molar-refractivity contribution is 0.102. The molecular weight excluding hydrogens is 266 g/mol. The van der Waals surface area contributed by atoms with Gasteiger partial charge in [-0.2, -0.15) is 5.10 Å². The molecule has 3 rings (SSSR count). The second kappa shape index (κ2) is 4.66. The first-order valence-corrected chi connectivity index (χ1v) is 5.82. The van der Waals surface area contributed by atoms with Crippen molar-refractivity contribution >= 4 is 28.8 Å². The number of carbonyl (C=O) groups excluding carboxylic acids is 1. The highest BCUT2D eigenvalue weighted by atomic mass is 35.5. The molecular formula is C12H8ClN5O. The number of amides is 1. The van der Waals surface area contributed by atoms with Gasteiger partial charge in [-0.05, 0) is 12.1 Å². The van der Waals surface area contributed by atoms with E-state index in [0.29, 0.717) is 21.9 Å². The molecule has 1 N–H and O–H groups in total. The fourth-order valence-corrected chi connectivity index (χ4v) is 1.83. The van der Waals surface area contributed by atoms with Gasteiger partial charge in [-0.15, -0.1) is 0 Å². The summed E-state index contributed by atoms with van der Waals surface area (Å²) in [5.41, 5.74) is 1.05. The molecule has 0 saturated carbocycles. The van der Waals surface area contributed by atoms with Crippen LogP contribution >= 0.6 is 11.6 Å². The van der Waals surface area contributed by atoms with E-state index in [-0.39, 0.29) is 5.91 Å². The van der Waals surface area contributed by atoms with E-state index in [2.05, 4.69) is 20.4 Å². The van der Waals surface area contributed by atoms with E-state index >= 15 is 0 Å². The molecule has 3 heterocycles. The molecule has 3 aromatic rings. The standard InChI is InChI=1S/C12H8ClN5O/c13-8-1-2-15-11(5-8)17-12(19)9-6-16-18-4-3-14-7-10(9)18/h1-7H,(H,15,17,19). The Bertz CT molecular complexity index is 754. The molecule has 6 nitrogen and oxygen atoms in total. The van der Waals surface area contributed by atoms with Crippen molar-refractivity contribution in [2.75, 3.05) is 5.32 Å². The lowest BCUT2D eigenvalue weighted by atomic mass is 10.3. The number of nitrogens with one attached hydrogen (secondary N) is 1. The molecule has 0 aliphatic heterocycles. The molecule has 0 aliphatic rings. The maximum Gasteiger partial charge on any atom is 0.260 e. The van der Waals surface area contributed by atoms with Crippen LogP contribution in [0.3, 0.4) is 0 Å². The molecule has 3 aromatic heterocycles. The molecule has 0 spiro atoms. The van der Waals surface area contributed by atoms with Crippen molar-refractivity contribution in [2.24, 2.45) is 0 Å². The maximum atomic E-state index is 12.1. The predicted molar refractivity (Wildman–Crippen MR) is 70.2 cm³/mol. The molecule has 0 radical (unpaired) electrons. The molecule has 0 aliphatic carbocycles. The summed E-state index contributed by atoms with van der Waals surface area (Å²) in [4.78, 5) is 20.1. The molecule has 7 heteroatoms.